The van der Waals surface area contributed by atoms with E-state index < -0.39 is 0 Å². The Morgan fingerprint density at radius 1 is 1.25 bits per heavy atom. The molecule has 0 bridgehead atoms. The van der Waals surface area contributed by atoms with Crippen molar-refractivity contribution in [3.05, 3.63) is 33.8 Å². The Hall–Kier alpha value is -1.66. The number of aryl methyl sites for hydroxylation is 1. The molecule has 0 saturated heterocycles. The Morgan fingerprint density at radius 2 is 2.05 bits per heavy atom. The maximum absolute atomic E-state index is 5.78. The van der Waals surface area contributed by atoms with E-state index in [0.29, 0.717) is 24.9 Å². The van der Waals surface area contributed by atoms with Crippen LogP contribution in [0, 0.1) is 0 Å². The van der Waals surface area contributed by atoms with E-state index in [2.05, 4.69) is 34.3 Å². The zero-order chi connectivity index (χ0) is 14.4. The van der Waals surface area contributed by atoms with Crippen molar-refractivity contribution < 1.29 is 4.74 Å². The number of nitrogens with one attached hydrogen (secondary N) is 1. The molecule has 20 heavy (non-hydrogen) atoms. The van der Waals surface area contributed by atoms with Gasteiger partial charge in [-0.1, -0.05) is 6.92 Å². The first kappa shape index (κ1) is 14.7. The van der Waals surface area contributed by atoms with E-state index in [9.17, 15) is 0 Å². The molecule has 2 aromatic rings. The Balaban J connectivity index is 1.99. The van der Waals surface area contributed by atoms with Crippen molar-refractivity contribution in [2.45, 2.75) is 33.4 Å². The van der Waals surface area contributed by atoms with Gasteiger partial charge < -0.3 is 15.8 Å². The van der Waals surface area contributed by atoms with Crippen LogP contribution in [-0.4, -0.2) is 16.6 Å². The first-order chi connectivity index (χ1) is 9.71. The first-order valence-corrected chi connectivity index (χ1v) is 7.55. The number of aromatic nitrogens is 2. The van der Waals surface area contributed by atoms with Gasteiger partial charge in [-0.3, -0.25) is 0 Å². The highest BCUT2D eigenvalue weighted by Gasteiger charge is 2.04. The molecule has 0 aliphatic carbocycles. The maximum atomic E-state index is 5.78. The second kappa shape index (κ2) is 7.21. The Kier molecular flexibility index (Phi) is 5.31. The smallest absolute Gasteiger partial charge is 0.158 e. The van der Waals surface area contributed by atoms with Crippen molar-refractivity contribution >= 4 is 23.0 Å². The largest absolute Gasteiger partial charge is 0.384 e. The standard InChI is InChI=1S/C14H20N4OS/c1-3-10-5-6-11(20-10)8-16-13-7-12(15)17-14(18-13)9-19-4-2/h5-7H,3-4,8-9H2,1-2H3,(H3,15,16,17,18). The van der Waals surface area contributed by atoms with Crippen molar-refractivity contribution in [2.75, 3.05) is 17.7 Å². The summed E-state index contributed by atoms with van der Waals surface area (Å²) in [6.07, 6.45) is 1.07. The SMILES string of the molecule is CCOCc1nc(N)cc(NCc2ccc(CC)s2)n1. The lowest BCUT2D eigenvalue weighted by atomic mass is 10.3. The predicted molar refractivity (Wildman–Crippen MR) is 82.8 cm³/mol. The van der Waals surface area contributed by atoms with Crippen molar-refractivity contribution in [3.63, 3.8) is 0 Å². The number of hydrogen-bond acceptors (Lipinski definition) is 6. The number of nitrogens with zero attached hydrogens (tertiary/aromatic N) is 2. The number of nitrogens with two attached hydrogens (primary N) is 1. The molecule has 0 fully saturated rings. The minimum Gasteiger partial charge on any atom is -0.384 e. The number of hydrogen-bond donors (Lipinski definition) is 2. The zero-order valence-corrected chi connectivity index (χ0v) is 12.7. The summed E-state index contributed by atoms with van der Waals surface area (Å²) in [5, 5.41) is 3.28. The van der Waals surface area contributed by atoms with Gasteiger partial charge in [0, 0.05) is 22.4 Å². The molecular formula is C14H20N4OS. The lowest BCUT2D eigenvalue weighted by Gasteiger charge is -2.07. The Morgan fingerprint density at radius 3 is 2.75 bits per heavy atom. The number of nitrogen functional groups attached to an aromatic ring is 1. The maximum Gasteiger partial charge on any atom is 0.158 e. The van der Waals surface area contributed by atoms with Crippen LogP contribution in [0.2, 0.25) is 0 Å². The van der Waals surface area contributed by atoms with E-state index in [0.717, 1.165) is 18.8 Å². The summed E-state index contributed by atoms with van der Waals surface area (Å²) in [6, 6.07) is 6.04. The molecule has 0 aromatic carbocycles. The van der Waals surface area contributed by atoms with Crippen molar-refractivity contribution in [3.8, 4) is 0 Å². The molecule has 0 aliphatic rings. The molecule has 0 atom stereocenters. The normalized spacial score (nSPS) is 10.7. The third kappa shape index (κ3) is 4.18. The third-order valence-electron chi connectivity index (χ3n) is 2.74. The van der Waals surface area contributed by atoms with Crippen molar-refractivity contribution in [1.82, 2.24) is 9.97 Å². The second-order valence-corrected chi connectivity index (χ2v) is 5.56. The van der Waals surface area contributed by atoms with Gasteiger partial charge in [-0.05, 0) is 25.5 Å². The fourth-order valence-electron chi connectivity index (χ4n) is 1.75. The number of rotatable bonds is 7. The molecule has 0 saturated carbocycles. The van der Waals surface area contributed by atoms with Crippen LogP contribution in [0.5, 0.6) is 0 Å². The molecule has 6 heteroatoms. The Labute approximate surface area is 123 Å². The van der Waals surface area contributed by atoms with Crippen molar-refractivity contribution in [2.24, 2.45) is 0 Å². The molecule has 0 amide bonds. The summed E-state index contributed by atoms with van der Waals surface area (Å²) in [5.41, 5.74) is 5.78. The Bertz CT molecular complexity index is 556. The molecule has 0 aliphatic heterocycles. The molecule has 0 radical (unpaired) electrons. The molecule has 108 valence electrons. The summed E-state index contributed by atoms with van der Waals surface area (Å²) in [4.78, 5) is 11.2. The molecule has 2 rings (SSSR count). The minimum absolute atomic E-state index is 0.384. The van der Waals surface area contributed by atoms with E-state index in [1.165, 1.54) is 9.75 Å². The zero-order valence-electron chi connectivity index (χ0n) is 11.8. The van der Waals surface area contributed by atoms with E-state index in [1.807, 2.05) is 18.3 Å². The predicted octanol–water partition coefficient (Wildman–Crippen LogP) is 2.83. The van der Waals surface area contributed by atoms with Crippen LogP contribution in [0.4, 0.5) is 11.6 Å². The molecule has 2 heterocycles. The average Bonchev–Trinajstić information content (AvgIpc) is 2.90. The summed E-state index contributed by atoms with van der Waals surface area (Å²) in [6.45, 7) is 5.86. The van der Waals surface area contributed by atoms with E-state index in [-0.39, 0.29) is 0 Å². The lowest BCUT2D eigenvalue weighted by Crippen LogP contribution is -2.07. The van der Waals surface area contributed by atoms with Gasteiger partial charge in [0.1, 0.15) is 18.2 Å². The van der Waals surface area contributed by atoms with E-state index in [1.54, 1.807) is 6.07 Å². The van der Waals surface area contributed by atoms with Gasteiger partial charge in [0.15, 0.2) is 5.82 Å². The monoisotopic (exact) mass is 292 g/mol. The molecule has 0 spiro atoms. The molecule has 3 N–H and O–H groups in total. The highest BCUT2D eigenvalue weighted by molar-refractivity contribution is 7.12. The molecule has 5 nitrogen and oxygen atoms in total. The summed E-state index contributed by atoms with van der Waals surface area (Å²) >= 11 is 1.81. The van der Waals surface area contributed by atoms with Gasteiger partial charge in [0.2, 0.25) is 0 Å². The van der Waals surface area contributed by atoms with Crippen LogP contribution < -0.4 is 11.1 Å². The number of ether oxygens (including phenoxy) is 1. The lowest BCUT2D eigenvalue weighted by molar-refractivity contribution is 0.128. The van der Waals surface area contributed by atoms with Crippen molar-refractivity contribution in [1.29, 1.82) is 0 Å². The van der Waals surface area contributed by atoms with Crippen LogP contribution in [0.25, 0.3) is 0 Å². The topological polar surface area (TPSA) is 73.1 Å². The first-order valence-electron chi connectivity index (χ1n) is 6.74. The van der Waals surface area contributed by atoms with Gasteiger partial charge in [-0.15, -0.1) is 11.3 Å². The highest BCUT2D eigenvalue weighted by atomic mass is 32.1. The van der Waals surface area contributed by atoms with Gasteiger partial charge in [0.05, 0.1) is 6.54 Å². The highest BCUT2D eigenvalue weighted by Crippen LogP contribution is 2.18. The fourth-order valence-corrected chi connectivity index (χ4v) is 2.65. The van der Waals surface area contributed by atoms with Crippen LogP contribution in [0.3, 0.4) is 0 Å². The minimum atomic E-state index is 0.384. The second-order valence-electron chi connectivity index (χ2n) is 4.31. The van der Waals surface area contributed by atoms with E-state index >= 15 is 0 Å². The molecular weight excluding hydrogens is 272 g/mol. The summed E-state index contributed by atoms with van der Waals surface area (Å²) in [7, 11) is 0. The van der Waals surface area contributed by atoms with E-state index in [4.69, 9.17) is 10.5 Å². The number of anilines is 2. The fraction of sp³-hybridized carbons (Fsp3) is 0.429. The van der Waals surface area contributed by atoms with Gasteiger partial charge >= 0.3 is 0 Å². The molecule has 0 unspecified atom stereocenters. The van der Waals surface area contributed by atoms with Crippen LogP contribution in [0.1, 0.15) is 29.4 Å². The van der Waals surface area contributed by atoms with Crippen LogP contribution in [-0.2, 0) is 24.3 Å². The van der Waals surface area contributed by atoms with Gasteiger partial charge in [0.25, 0.3) is 0 Å². The quantitative estimate of drug-likeness (QED) is 0.821. The van der Waals surface area contributed by atoms with Crippen LogP contribution in [0.15, 0.2) is 18.2 Å². The number of thiophene rings is 1. The summed E-state index contributed by atoms with van der Waals surface area (Å²) < 4.78 is 5.30. The van der Waals surface area contributed by atoms with Crippen LogP contribution >= 0.6 is 11.3 Å². The molecule has 2 aromatic heterocycles. The third-order valence-corrected chi connectivity index (χ3v) is 3.97. The summed E-state index contributed by atoms with van der Waals surface area (Å²) in [5.74, 6) is 1.80. The average molecular weight is 292 g/mol. The van der Waals surface area contributed by atoms with Gasteiger partial charge in [-0.25, -0.2) is 9.97 Å². The van der Waals surface area contributed by atoms with Gasteiger partial charge in [-0.2, -0.15) is 0 Å².